The highest BCUT2D eigenvalue weighted by atomic mass is 16.3. The van der Waals surface area contributed by atoms with Crippen LogP contribution in [0.25, 0.3) is 0 Å². The normalized spacial score (nSPS) is 10.6. The third-order valence-electron chi connectivity index (χ3n) is 2.51. The molecule has 0 aliphatic rings. The van der Waals surface area contributed by atoms with Gasteiger partial charge in [-0.2, -0.15) is 0 Å². The van der Waals surface area contributed by atoms with Crippen LogP contribution < -0.4 is 5.73 Å². The number of aromatic nitrogens is 1. The first-order chi connectivity index (χ1) is 8.07. The lowest BCUT2D eigenvalue weighted by Gasteiger charge is -2.26. The topological polar surface area (TPSA) is 79.5 Å². The van der Waals surface area contributed by atoms with Crippen LogP contribution >= 0.6 is 0 Å². The van der Waals surface area contributed by atoms with Gasteiger partial charge in [-0.05, 0) is 32.4 Å². The summed E-state index contributed by atoms with van der Waals surface area (Å²) in [5, 5.41) is 8.83. The van der Waals surface area contributed by atoms with E-state index in [1.165, 1.54) is 0 Å². The third-order valence-corrected chi connectivity index (χ3v) is 2.51. The summed E-state index contributed by atoms with van der Waals surface area (Å²) in [6, 6.07) is 3.42. The maximum Gasteiger partial charge on any atom is 0.257 e. The van der Waals surface area contributed by atoms with Gasteiger partial charge in [0.2, 0.25) is 0 Å². The van der Waals surface area contributed by atoms with Gasteiger partial charge in [-0.3, -0.25) is 4.79 Å². The number of hydrogen-bond acceptors (Lipinski definition) is 4. The summed E-state index contributed by atoms with van der Waals surface area (Å²) < 4.78 is 0. The Morgan fingerprint density at radius 3 is 2.82 bits per heavy atom. The molecule has 0 radical (unpaired) electrons. The number of carbonyl (C=O) groups is 1. The summed E-state index contributed by atoms with van der Waals surface area (Å²) in [6.45, 7) is 4.45. The highest BCUT2D eigenvalue weighted by Gasteiger charge is 2.20. The predicted molar refractivity (Wildman–Crippen MR) is 66.5 cm³/mol. The van der Waals surface area contributed by atoms with Crippen molar-refractivity contribution in [3.63, 3.8) is 0 Å². The molecule has 0 aliphatic carbocycles. The Bertz CT molecular complexity index is 380. The molecule has 5 heteroatoms. The molecule has 0 unspecified atom stereocenters. The molecule has 0 saturated carbocycles. The number of aliphatic hydroxyl groups is 1. The molecule has 0 spiro atoms. The van der Waals surface area contributed by atoms with Crippen LogP contribution in [0.2, 0.25) is 0 Å². The van der Waals surface area contributed by atoms with E-state index in [9.17, 15) is 4.79 Å². The zero-order valence-electron chi connectivity index (χ0n) is 10.3. The van der Waals surface area contributed by atoms with Crippen molar-refractivity contribution in [1.82, 2.24) is 9.88 Å². The molecule has 0 saturated heterocycles. The van der Waals surface area contributed by atoms with Crippen molar-refractivity contribution >= 4 is 11.7 Å². The Balaban J connectivity index is 2.88. The van der Waals surface area contributed by atoms with Gasteiger partial charge in [0, 0.05) is 25.4 Å². The van der Waals surface area contributed by atoms with Gasteiger partial charge in [-0.25, -0.2) is 4.98 Å². The van der Waals surface area contributed by atoms with Crippen LogP contribution in [0.5, 0.6) is 0 Å². The summed E-state index contributed by atoms with van der Waals surface area (Å²) in [4.78, 5) is 17.8. The summed E-state index contributed by atoms with van der Waals surface area (Å²) in [5.41, 5.74) is 6.10. The molecule has 1 aromatic heterocycles. The number of nitrogens with two attached hydrogens (primary N) is 1. The van der Waals surface area contributed by atoms with E-state index in [2.05, 4.69) is 4.98 Å². The molecule has 17 heavy (non-hydrogen) atoms. The fourth-order valence-corrected chi connectivity index (χ4v) is 1.59. The highest BCUT2D eigenvalue weighted by molar-refractivity contribution is 5.98. The summed E-state index contributed by atoms with van der Waals surface area (Å²) in [7, 11) is 0. The molecule has 0 atom stereocenters. The molecule has 3 N–H and O–H groups in total. The van der Waals surface area contributed by atoms with E-state index < -0.39 is 0 Å². The van der Waals surface area contributed by atoms with Crippen LogP contribution in [0.3, 0.4) is 0 Å². The van der Waals surface area contributed by atoms with Crippen LogP contribution in [0.15, 0.2) is 18.3 Å². The maximum atomic E-state index is 12.2. The fourth-order valence-electron chi connectivity index (χ4n) is 1.59. The first kappa shape index (κ1) is 13.4. The Labute approximate surface area is 101 Å². The van der Waals surface area contributed by atoms with Crippen LogP contribution in [0.4, 0.5) is 5.82 Å². The van der Waals surface area contributed by atoms with Crippen LogP contribution in [0.1, 0.15) is 30.6 Å². The molecular formula is C12H19N3O2. The van der Waals surface area contributed by atoms with E-state index in [0.717, 1.165) is 0 Å². The Morgan fingerprint density at radius 1 is 1.59 bits per heavy atom. The molecule has 0 aliphatic heterocycles. The van der Waals surface area contributed by atoms with Gasteiger partial charge in [0.25, 0.3) is 5.91 Å². The number of hydrogen-bond donors (Lipinski definition) is 2. The molecule has 1 heterocycles. The van der Waals surface area contributed by atoms with Crippen LogP contribution in [0, 0.1) is 0 Å². The number of amides is 1. The van der Waals surface area contributed by atoms with E-state index in [4.69, 9.17) is 10.8 Å². The van der Waals surface area contributed by atoms with Crippen molar-refractivity contribution in [3.05, 3.63) is 23.9 Å². The second kappa shape index (κ2) is 6.20. The molecule has 0 bridgehead atoms. The molecule has 0 aromatic carbocycles. The lowest BCUT2D eigenvalue weighted by Crippen LogP contribution is -2.38. The van der Waals surface area contributed by atoms with Gasteiger partial charge in [0.15, 0.2) is 0 Å². The van der Waals surface area contributed by atoms with Gasteiger partial charge in [-0.15, -0.1) is 0 Å². The monoisotopic (exact) mass is 237 g/mol. The zero-order valence-corrected chi connectivity index (χ0v) is 10.3. The average Bonchev–Trinajstić information content (AvgIpc) is 2.29. The number of carbonyl (C=O) groups excluding carboxylic acids is 1. The minimum absolute atomic E-state index is 0.0636. The number of anilines is 1. The van der Waals surface area contributed by atoms with Gasteiger partial charge in [-0.1, -0.05) is 0 Å². The Kier molecular flexibility index (Phi) is 4.90. The number of pyridine rings is 1. The first-order valence-electron chi connectivity index (χ1n) is 5.70. The van der Waals surface area contributed by atoms with Crippen molar-refractivity contribution in [3.8, 4) is 0 Å². The SMILES string of the molecule is CC(C)N(CCCO)C(=O)c1cccnc1N. The zero-order chi connectivity index (χ0) is 12.8. The smallest absolute Gasteiger partial charge is 0.257 e. The van der Waals surface area contributed by atoms with Gasteiger partial charge >= 0.3 is 0 Å². The minimum atomic E-state index is -0.140. The van der Waals surface area contributed by atoms with Crippen molar-refractivity contribution in [2.24, 2.45) is 0 Å². The maximum absolute atomic E-state index is 12.2. The lowest BCUT2D eigenvalue weighted by molar-refractivity contribution is 0.0694. The van der Waals surface area contributed by atoms with Gasteiger partial charge in [0.1, 0.15) is 5.82 Å². The van der Waals surface area contributed by atoms with Gasteiger partial charge in [0.05, 0.1) is 5.56 Å². The molecule has 1 rings (SSSR count). The lowest BCUT2D eigenvalue weighted by atomic mass is 10.2. The van der Waals surface area contributed by atoms with Crippen LogP contribution in [-0.2, 0) is 0 Å². The van der Waals surface area contributed by atoms with Gasteiger partial charge < -0.3 is 15.7 Å². The second-order valence-corrected chi connectivity index (χ2v) is 4.11. The molecule has 5 nitrogen and oxygen atoms in total. The number of aliphatic hydroxyl groups excluding tert-OH is 1. The quantitative estimate of drug-likeness (QED) is 0.797. The van der Waals surface area contributed by atoms with E-state index in [-0.39, 0.29) is 24.4 Å². The van der Waals surface area contributed by atoms with E-state index in [1.807, 2.05) is 13.8 Å². The molecule has 94 valence electrons. The Morgan fingerprint density at radius 2 is 2.29 bits per heavy atom. The second-order valence-electron chi connectivity index (χ2n) is 4.11. The fraction of sp³-hybridized carbons (Fsp3) is 0.500. The molecule has 0 fully saturated rings. The third kappa shape index (κ3) is 3.42. The molecule has 1 aromatic rings. The Hall–Kier alpha value is -1.62. The predicted octanol–water partition coefficient (Wildman–Crippen LogP) is 0.897. The molecule has 1 amide bonds. The minimum Gasteiger partial charge on any atom is -0.396 e. The average molecular weight is 237 g/mol. The van der Waals surface area contributed by atoms with Crippen LogP contribution in [-0.4, -0.2) is 40.1 Å². The highest BCUT2D eigenvalue weighted by Crippen LogP contribution is 2.13. The van der Waals surface area contributed by atoms with E-state index >= 15 is 0 Å². The number of nitrogen functional groups attached to an aromatic ring is 1. The van der Waals surface area contributed by atoms with E-state index in [0.29, 0.717) is 18.5 Å². The van der Waals surface area contributed by atoms with Crippen molar-refractivity contribution in [2.45, 2.75) is 26.3 Å². The summed E-state index contributed by atoms with van der Waals surface area (Å²) in [6.07, 6.45) is 2.11. The first-order valence-corrected chi connectivity index (χ1v) is 5.70. The summed E-state index contributed by atoms with van der Waals surface area (Å²) in [5.74, 6) is 0.103. The van der Waals surface area contributed by atoms with Crippen molar-refractivity contribution in [1.29, 1.82) is 0 Å². The molecular weight excluding hydrogens is 218 g/mol. The van der Waals surface area contributed by atoms with Crippen molar-refractivity contribution in [2.75, 3.05) is 18.9 Å². The summed E-state index contributed by atoms with van der Waals surface area (Å²) >= 11 is 0. The van der Waals surface area contributed by atoms with E-state index in [1.54, 1.807) is 23.2 Å². The standard InChI is InChI=1S/C12H19N3O2/c1-9(2)15(7-4-8-16)12(17)10-5-3-6-14-11(10)13/h3,5-6,9,16H,4,7-8H2,1-2H3,(H2,13,14). The largest absolute Gasteiger partial charge is 0.396 e. The number of nitrogens with zero attached hydrogens (tertiary/aromatic N) is 2. The van der Waals surface area contributed by atoms with Crippen molar-refractivity contribution < 1.29 is 9.90 Å². The number of rotatable bonds is 5.